The molecule has 0 aromatic carbocycles. The van der Waals surface area contributed by atoms with E-state index in [2.05, 4.69) is 34.6 Å². The topological polar surface area (TPSA) is 12.9 Å². The van der Waals surface area contributed by atoms with Crippen LogP contribution in [0.5, 0.6) is 0 Å². The number of pyridine rings is 1. The first kappa shape index (κ1) is 9.75. The second kappa shape index (κ2) is 4.20. The lowest BCUT2D eigenvalue weighted by Crippen LogP contribution is -1.71. The van der Waals surface area contributed by atoms with Crippen molar-refractivity contribution in [2.45, 2.75) is 0 Å². The van der Waals surface area contributed by atoms with E-state index in [0.29, 0.717) is 0 Å². The van der Waals surface area contributed by atoms with Crippen molar-refractivity contribution in [2.24, 2.45) is 0 Å². The number of thiophene rings is 2. The normalized spacial score (nSPS) is 10.5. The van der Waals surface area contributed by atoms with Crippen molar-refractivity contribution in [3.8, 4) is 20.2 Å². The standard InChI is InChI=1S/C13H9NS2/c1-2-12(15-9-1)13-4-3-11(16-13)10-5-7-14-8-6-10/h1-9H. The number of hydrogen-bond donors (Lipinski definition) is 0. The number of aromatic nitrogens is 1. The molecule has 3 heterocycles. The maximum atomic E-state index is 4.03. The molecule has 0 amide bonds. The summed E-state index contributed by atoms with van der Waals surface area (Å²) >= 11 is 3.61. The Morgan fingerprint density at radius 2 is 1.62 bits per heavy atom. The van der Waals surface area contributed by atoms with Crippen LogP contribution in [0.2, 0.25) is 0 Å². The van der Waals surface area contributed by atoms with Gasteiger partial charge in [0, 0.05) is 27.0 Å². The first-order valence-corrected chi connectivity index (χ1v) is 6.67. The van der Waals surface area contributed by atoms with Crippen LogP contribution in [0, 0.1) is 0 Å². The molecule has 0 fully saturated rings. The fraction of sp³-hybridized carbons (Fsp3) is 0. The summed E-state index contributed by atoms with van der Waals surface area (Å²) in [5, 5.41) is 2.11. The minimum atomic E-state index is 1.24. The van der Waals surface area contributed by atoms with Crippen LogP contribution in [0.15, 0.2) is 54.2 Å². The number of hydrogen-bond acceptors (Lipinski definition) is 3. The summed E-state index contributed by atoms with van der Waals surface area (Å²) in [6, 6.07) is 12.7. The van der Waals surface area contributed by atoms with Crippen LogP contribution in [0.1, 0.15) is 0 Å². The van der Waals surface area contributed by atoms with Crippen molar-refractivity contribution in [2.75, 3.05) is 0 Å². The number of rotatable bonds is 2. The van der Waals surface area contributed by atoms with Gasteiger partial charge in [-0.1, -0.05) is 6.07 Å². The molecule has 0 aliphatic heterocycles. The molecule has 3 aromatic heterocycles. The molecular formula is C13H9NS2. The third-order valence-electron chi connectivity index (χ3n) is 2.33. The van der Waals surface area contributed by atoms with E-state index >= 15 is 0 Å². The van der Waals surface area contributed by atoms with Gasteiger partial charge in [0.1, 0.15) is 0 Å². The Labute approximate surface area is 102 Å². The Bertz CT molecular complexity index is 567. The van der Waals surface area contributed by atoms with Gasteiger partial charge < -0.3 is 0 Å². The molecule has 0 saturated carbocycles. The zero-order valence-electron chi connectivity index (χ0n) is 8.46. The summed E-state index contributed by atoms with van der Waals surface area (Å²) in [7, 11) is 0. The van der Waals surface area contributed by atoms with Gasteiger partial charge in [-0.05, 0) is 41.3 Å². The molecule has 0 saturated heterocycles. The lowest BCUT2D eigenvalue weighted by molar-refractivity contribution is 1.33. The van der Waals surface area contributed by atoms with Gasteiger partial charge >= 0.3 is 0 Å². The van der Waals surface area contributed by atoms with E-state index in [9.17, 15) is 0 Å². The highest BCUT2D eigenvalue weighted by Crippen LogP contribution is 2.35. The fourth-order valence-electron chi connectivity index (χ4n) is 1.56. The highest BCUT2D eigenvalue weighted by Gasteiger charge is 2.04. The first-order chi connectivity index (χ1) is 7.93. The van der Waals surface area contributed by atoms with Crippen LogP contribution in [-0.2, 0) is 0 Å². The van der Waals surface area contributed by atoms with Crippen LogP contribution in [0.25, 0.3) is 20.2 Å². The third-order valence-corrected chi connectivity index (χ3v) is 4.53. The molecule has 3 aromatic rings. The minimum Gasteiger partial charge on any atom is -0.265 e. The van der Waals surface area contributed by atoms with Crippen molar-refractivity contribution >= 4 is 22.7 Å². The molecule has 78 valence electrons. The Morgan fingerprint density at radius 3 is 2.38 bits per heavy atom. The van der Waals surface area contributed by atoms with Crippen LogP contribution in [-0.4, -0.2) is 4.98 Å². The van der Waals surface area contributed by atoms with Crippen LogP contribution in [0.4, 0.5) is 0 Å². The van der Waals surface area contributed by atoms with Crippen molar-refractivity contribution in [3.05, 3.63) is 54.2 Å². The van der Waals surface area contributed by atoms with Gasteiger partial charge in [0.25, 0.3) is 0 Å². The zero-order chi connectivity index (χ0) is 10.8. The fourth-order valence-corrected chi connectivity index (χ4v) is 3.41. The molecule has 0 unspecified atom stereocenters. The van der Waals surface area contributed by atoms with Gasteiger partial charge in [0.15, 0.2) is 0 Å². The van der Waals surface area contributed by atoms with E-state index in [0.717, 1.165) is 0 Å². The van der Waals surface area contributed by atoms with E-state index in [1.807, 2.05) is 35.9 Å². The van der Waals surface area contributed by atoms with Gasteiger partial charge in [-0.3, -0.25) is 4.98 Å². The quantitative estimate of drug-likeness (QED) is 0.644. The van der Waals surface area contributed by atoms with E-state index in [1.54, 1.807) is 11.3 Å². The van der Waals surface area contributed by atoms with Gasteiger partial charge in [-0.15, -0.1) is 22.7 Å². The van der Waals surface area contributed by atoms with E-state index in [4.69, 9.17) is 0 Å². The Balaban J connectivity index is 2.00. The number of nitrogens with zero attached hydrogens (tertiary/aromatic N) is 1. The van der Waals surface area contributed by atoms with Gasteiger partial charge in [-0.25, -0.2) is 0 Å². The van der Waals surface area contributed by atoms with Gasteiger partial charge in [0.2, 0.25) is 0 Å². The molecular weight excluding hydrogens is 234 g/mol. The predicted molar refractivity (Wildman–Crippen MR) is 70.9 cm³/mol. The van der Waals surface area contributed by atoms with Crippen molar-refractivity contribution in [1.29, 1.82) is 0 Å². The molecule has 0 atom stereocenters. The molecule has 0 bridgehead atoms. The second-order valence-electron chi connectivity index (χ2n) is 3.38. The van der Waals surface area contributed by atoms with E-state index in [-0.39, 0.29) is 0 Å². The second-order valence-corrected chi connectivity index (χ2v) is 5.41. The molecule has 0 aliphatic carbocycles. The smallest absolute Gasteiger partial charge is 0.0449 e. The summed E-state index contributed by atoms with van der Waals surface area (Å²) < 4.78 is 0. The molecule has 0 spiro atoms. The Hall–Kier alpha value is -1.45. The van der Waals surface area contributed by atoms with Crippen LogP contribution < -0.4 is 0 Å². The summed E-state index contributed by atoms with van der Waals surface area (Å²) in [5.74, 6) is 0. The Morgan fingerprint density at radius 1 is 0.812 bits per heavy atom. The van der Waals surface area contributed by atoms with Crippen LogP contribution in [0.3, 0.4) is 0 Å². The average Bonchev–Trinajstić information content (AvgIpc) is 3.01. The Kier molecular flexibility index (Phi) is 2.56. The van der Waals surface area contributed by atoms with Gasteiger partial charge in [0.05, 0.1) is 0 Å². The highest BCUT2D eigenvalue weighted by atomic mass is 32.1. The van der Waals surface area contributed by atoms with Crippen molar-refractivity contribution in [1.82, 2.24) is 4.98 Å². The van der Waals surface area contributed by atoms with Crippen LogP contribution >= 0.6 is 22.7 Å². The molecule has 0 radical (unpaired) electrons. The predicted octanol–water partition coefficient (Wildman–Crippen LogP) is 4.54. The molecule has 3 heteroatoms. The summed E-state index contributed by atoms with van der Waals surface area (Å²) in [6.07, 6.45) is 3.67. The zero-order valence-corrected chi connectivity index (χ0v) is 10.1. The van der Waals surface area contributed by atoms with Crippen molar-refractivity contribution in [3.63, 3.8) is 0 Å². The highest BCUT2D eigenvalue weighted by molar-refractivity contribution is 7.23. The lowest BCUT2D eigenvalue weighted by atomic mass is 10.2. The molecule has 0 aliphatic rings. The molecule has 1 nitrogen and oxygen atoms in total. The summed E-state index contributed by atoms with van der Waals surface area (Å²) in [6.45, 7) is 0. The van der Waals surface area contributed by atoms with Gasteiger partial charge in [-0.2, -0.15) is 0 Å². The maximum absolute atomic E-state index is 4.03. The summed E-state index contributed by atoms with van der Waals surface area (Å²) in [5.41, 5.74) is 1.24. The lowest BCUT2D eigenvalue weighted by Gasteiger charge is -1.94. The maximum Gasteiger partial charge on any atom is 0.0449 e. The minimum absolute atomic E-state index is 1.24. The SMILES string of the molecule is c1csc(-c2ccc(-c3ccncc3)s2)c1. The summed E-state index contributed by atoms with van der Waals surface area (Å²) in [4.78, 5) is 8.00. The monoisotopic (exact) mass is 243 g/mol. The molecule has 16 heavy (non-hydrogen) atoms. The third kappa shape index (κ3) is 1.79. The van der Waals surface area contributed by atoms with E-state index in [1.165, 1.54) is 20.2 Å². The molecule has 0 N–H and O–H groups in total. The van der Waals surface area contributed by atoms with E-state index < -0.39 is 0 Å². The van der Waals surface area contributed by atoms with Crippen molar-refractivity contribution < 1.29 is 0 Å². The largest absolute Gasteiger partial charge is 0.265 e. The first-order valence-electron chi connectivity index (χ1n) is 4.97. The average molecular weight is 243 g/mol. The molecule has 3 rings (SSSR count).